The van der Waals surface area contributed by atoms with Gasteiger partial charge in [0.05, 0.1) is 253 Å². The summed E-state index contributed by atoms with van der Waals surface area (Å²) >= 11 is 0. The number of aliphatic hydroxyl groups excluding tert-OH is 2. The molecule has 8 aliphatic rings. The summed E-state index contributed by atoms with van der Waals surface area (Å²) in [4.78, 5) is 142. The summed E-state index contributed by atoms with van der Waals surface area (Å²) in [5.74, 6) is -5.72. The minimum absolute atomic E-state index is 0.0505. The van der Waals surface area contributed by atoms with Gasteiger partial charge in [-0.3, -0.25) is 38.8 Å². The number of carboxylic acids is 2. The molecule has 8 aliphatic heterocycles. The van der Waals surface area contributed by atoms with Crippen LogP contribution in [-0.4, -0.2) is 217 Å². The van der Waals surface area contributed by atoms with Crippen LogP contribution in [0.2, 0.25) is 0 Å². The Hall–Kier alpha value is -16.4. The van der Waals surface area contributed by atoms with E-state index >= 15 is 0 Å². The molecule has 0 unspecified atom stereocenters. The van der Waals surface area contributed by atoms with E-state index in [2.05, 4.69) is 21.3 Å². The summed E-state index contributed by atoms with van der Waals surface area (Å²) in [6, 6.07) is 44.0. The van der Waals surface area contributed by atoms with Gasteiger partial charge in [-0.1, -0.05) is 72.8 Å². The number of quaternary nitrogens is 2. The van der Waals surface area contributed by atoms with E-state index in [9.17, 15) is 132 Å². The van der Waals surface area contributed by atoms with E-state index in [1.807, 2.05) is 52.5 Å². The van der Waals surface area contributed by atoms with Gasteiger partial charge in [0, 0.05) is 51.9 Å². The van der Waals surface area contributed by atoms with Crippen molar-refractivity contribution >= 4 is 82.4 Å². The van der Waals surface area contributed by atoms with Gasteiger partial charge in [-0.15, -0.1) is 0 Å². The van der Waals surface area contributed by atoms with E-state index in [0.29, 0.717) is 105 Å². The first kappa shape index (κ1) is 103. The van der Waals surface area contributed by atoms with Crippen LogP contribution in [0.1, 0.15) is 117 Å². The van der Waals surface area contributed by atoms with Crippen LogP contribution in [0.5, 0.6) is 0 Å². The number of aliphatic hydroxyl groups is 2. The zero-order valence-electron chi connectivity index (χ0n) is 76.8. The molecule has 8 aromatic rings. The van der Waals surface area contributed by atoms with Crippen LogP contribution in [0, 0.1) is 45.3 Å². The Balaban J connectivity index is 0.000000208. The van der Waals surface area contributed by atoms with Crippen LogP contribution in [0.3, 0.4) is 0 Å². The van der Waals surface area contributed by atoms with Crippen molar-refractivity contribution in [1.82, 2.24) is 40.9 Å². The molecule has 0 fully saturated rings. The average Bonchev–Trinajstić information content (AvgIpc) is 1.59. The fourth-order valence-corrected chi connectivity index (χ4v) is 18.3. The highest BCUT2D eigenvalue weighted by atomic mass is 19.4. The van der Waals surface area contributed by atoms with Crippen molar-refractivity contribution in [2.45, 2.75) is 86.8 Å². The quantitative estimate of drug-likeness (QED) is 0.0206. The molecule has 0 radical (unpaired) electrons. The SMILES string of the molecule is C[N+](C)(CCCN1CC2=C(C1=O)[C@@H](c1ccc(C#N)cc1)NC(=O)N2c1cccc(C(F)(F)F)c1)CCCN1CC2=C(C1=O)[C@@H](c1ccc(C#N)cc1)NC(=O)N2c1cccc(C(F)(F)F)c1.C[N+](C)(CCCN1CC2=C(C1=O)[C@@H](c1ccc(C#N)cc1)NC(=O)N2c1cccc(C(F)(F)F)c1)CCCN1CC2=C(C1=O)[C@@H](c1ccc(C#N)cc1)NC(=O)N2c1cccc(C(F)(F)F)c1.O=C([O-])[C@@H](O)[C@H](O)C(=O)[O-]. The summed E-state index contributed by atoms with van der Waals surface area (Å²) in [5, 5.41) is 84.2. The third-order valence-corrected chi connectivity index (χ3v) is 25.6. The largest absolute Gasteiger partial charge is 0.547 e. The van der Waals surface area contributed by atoms with Crippen molar-refractivity contribution in [3.05, 3.63) is 306 Å². The van der Waals surface area contributed by atoms with Crippen LogP contribution >= 0.6 is 0 Å². The van der Waals surface area contributed by atoms with E-state index in [-0.39, 0.29) is 120 Å². The number of carbonyl (C=O) groups excluding carboxylic acids is 10. The zero-order chi connectivity index (χ0) is 104. The molecule has 8 heterocycles. The van der Waals surface area contributed by atoms with E-state index in [1.165, 1.54) is 48.5 Å². The molecule has 0 aliphatic carbocycles. The van der Waals surface area contributed by atoms with Crippen molar-refractivity contribution in [2.75, 3.05) is 126 Å². The molecule has 144 heavy (non-hydrogen) atoms. The van der Waals surface area contributed by atoms with Gasteiger partial charge >= 0.3 is 48.8 Å². The molecule has 6 N–H and O–H groups in total. The Morgan fingerprint density at radius 3 is 0.694 bits per heavy atom. The van der Waals surface area contributed by atoms with Gasteiger partial charge in [0.1, 0.15) is 12.2 Å². The summed E-state index contributed by atoms with van der Waals surface area (Å²) in [6.45, 7) is 2.95. The molecule has 44 heteroatoms. The lowest BCUT2D eigenvalue weighted by Gasteiger charge is -2.34. The number of hydrogen-bond donors (Lipinski definition) is 6. The predicted octanol–water partition coefficient (Wildman–Crippen LogP) is 10.7. The number of nitriles is 4. The Morgan fingerprint density at radius 1 is 0.340 bits per heavy atom. The van der Waals surface area contributed by atoms with Crippen molar-refractivity contribution in [3.63, 3.8) is 0 Å². The maximum absolute atomic E-state index is 14.2. The number of alkyl halides is 12. The first-order chi connectivity index (χ1) is 68.0. The Bertz CT molecular complexity index is 5980. The number of rotatable bonds is 27. The van der Waals surface area contributed by atoms with E-state index in [0.717, 1.165) is 68.1 Å². The second-order valence-electron chi connectivity index (χ2n) is 36.1. The van der Waals surface area contributed by atoms with E-state index in [4.69, 9.17) is 10.2 Å². The lowest BCUT2D eigenvalue weighted by Crippen LogP contribution is -2.51. The number of carboxylic acid groups (broad SMARTS) is 2. The number of amides is 12. The van der Waals surface area contributed by atoms with E-state index in [1.54, 1.807) is 117 Å². The van der Waals surface area contributed by atoms with Gasteiger partial charge in [-0.05, 0) is 144 Å². The molecule has 0 aromatic heterocycles. The van der Waals surface area contributed by atoms with Gasteiger partial charge in [-0.2, -0.15) is 73.7 Å². The van der Waals surface area contributed by atoms with Gasteiger partial charge in [0.15, 0.2) is 0 Å². The van der Waals surface area contributed by atoms with Gasteiger partial charge in [0.25, 0.3) is 23.6 Å². The molecular formula is C100H88F12N18O14. The number of urea groups is 4. The summed E-state index contributed by atoms with van der Waals surface area (Å²) in [7, 11) is 7.90. The van der Waals surface area contributed by atoms with Crippen LogP contribution in [0.15, 0.2) is 239 Å². The lowest BCUT2D eigenvalue weighted by molar-refractivity contribution is -0.890. The van der Waals surface area contributed by atoms with Gasteiger partial charge in [0.2, 0.25) is 0 Å². The van der Waals surface area contributed by atoms with Crippen LogP contribution in [0.25, 0.3) is 0 Å². The molecular weight excluding hydrogens is 1910 g/mol. The van der Waals surface area contributed by atoms with Crippen LogP contribution in [-0.2, 0) is 53.5 Å². The van der Waals surface area contributed by atoms with Crippen molar-refractivity contribution in [3.8, 4) is 24.3 Å². The molecule has 6 atom stereocenters. The standard InChI is InChI=1S/2C48H41F6N9O4.C4H6O6/c2*1-63(2,21-5-19-59-27-37-39(43(59)64)41(31-15-11-29(25-55)12-16-31)57-45(66)61(37)35-9-3-7-33(23-35)47(49,50)51)22-6-20-60-28-38-40(44(60)65)42(32-17-13-30(26-56)14-18-32)58-46(67)62(38)36-10-4-8-34(24-36)48(52,53)54;5-1(3(7)8)2(6)4(9)10/h2*3-4,7-18,23-24,41-42H,5-6,19-22,27-28H2,1-2H3,(H-,57,58,66,67);1-2,5-6H,(H,7,8)(H,9,10)/t2*41-,42-;1-,2-/m110/s1. The molecule has 16 rings (SSSR count). The minimum atomic E-state index is -4.68. The molecule has 0 bridgehead atoms. The topological polar surface area (TPSA) is 426 Å². The molecule has 12 amide bonds. The van der Waals surface area contributed by atoms with Crippen molar-refractivity contribution in [1.29, 1.82) is 21.0 Å². The first-order valence-electron chi connectivity index (χ1n) is 44.6. The Labute approximate surface area is 814 Å². The molecule has 32 nitrogen and oxygen atoms in total. The number of anilines is 4. The molecule has 8 aromatic carbocycles. The summed E-state index contributed by atoms with van der Waals surface area (Å²) in [5.41, 5.74) is 1.17. The second kappa shape index (κ2) is 41.4. The van der Waals surface area contributed by atoms with Crippen molar-refractivity contribution < 1.29 is 130 Å². The Kier molecular flexibility index (Phi) is 29.7. The summed E-state index contributed by atoms with van der Waals surface area (Å²) in [6.07, 6.45) is -21.7. The summed E-state index contributed by atoms with van der Waals surface area (Å²) < 4.78 is 166. The zero-order valence-corrected chi connectivity index (χ0v) is 76.8. The molecule has 0 spiro atoms. The van der Waals surface area contributed by atoms with Crippen LogP contribution < -0.4 is 51.1 Å². The average molecular weight is 1990 g/mol. The molecule has 0 saturated carbocycles. The highest BCUT2D eigenvalue weighted by molar-refractivity contribution is 6.11. The fourth-order valence-electron chi connectivity index (χ4n) is 18.3. The number of halogens is 12. The normalized spacial score (nSPS) is 18.6. The fraction of sp³-hybridized carbons (Fsp3) is 0.300. The predicted molar refractivity (Wildman–Crippen MR) is 484 cm³/mol. The van der Waals surface area contributed by atoms with Gasteiger partial charge in [-0.25, -0.2) is 19.2 Å². The minimum Gasteiger partial charge on any atom is -0.547 e. The molecule has 746 valence electrons. The highest BCUT2D eigenvalue weighted by Gasteiger charge is 2.52. The third-order valence-electron chi connectivity index (χ3n) is 25.6. The number of carbonyl (C=O) groups is 10. The maximum Gasteiger partial charge on any atom is 0.416 e. The first-order valence-corrected chi connectivity index (χ1v) is 44.6. The lowest BCUT2D eigenvalue weighted by atomic mass is 9.94. The molecule has 0 saturated heterocycles. The van der Waals surface area contributed by atoms with Gasteiger partial charge < -0.3 is 79.8 Å². The number of benzene rings is 8. The monoisotopic (exact) mass is 1990 g/mol. The smallest absolute Gasteiger partial charge is 0.416 e. The third kappa shape index (κ3) is 22.3. The number of hydrogen-bond acceptors (Lipinski definition) is 18. The number of nitrogens with one attached hydrogen (secondary N) is 4. The Morgan fingerprint density at radius 2 is 0.528 bits per heavy atom. The van der Waals surface area contributed by atoms with Crippen molar-refractivity contribution in [2.24, 2.45) is 0 Å². The number of nitrogens with zero attached hydrogens (tertiary/aromatic N) is 14. The second-order valence-corrected chi connectivity index (χ2v) is 36.1. The highest BCUT2D eigenvalue weighted by Crippen LogP contribution is 2.47. The maximum atomic E-state index is 14.2. The number of aliphatic carboxylic acids is 2. The van der Waals surface area contributed by atoms with Crippen LogP contribution in [0.4, 0.5) is 94.6 Å². The van der Waals surface area contributed by atoms with E-state index < -0.39 is 143 Å².